The third-order valence-corrected chi connectivity index (χ3v) is 3.59. The van der Waals surface area contributed by atoms with Gasteiger partial charge in [-0.1, -0.05) is 19.9 Å². The van der Waals surface area contributed by atoms with Crippen molar-refractivity contribution in [1.82, 2.24) is 30.4 Å². The molecule has 2 heterocycles. The largest absolute Gasteiger partial charge is 0.478 e. The Labute approximate surface area is 148 Å². The average molecular weight is 345 g/mol. The van der Waals surface area contributed by atoms with Gasteiger partial charge >= 0.3 is 0 Å². The molecule has 2 aromatic rings. The zero-order chi connectivity index (χ0) is 17.9. The lowest BCUT2D eigenvalue weighted by Gasteiger charge is -2.13. The first-order chi connectivity index (χ1) is 12.3. The fourth-order valence-corrected chi connectivity index (χ4v) is 2.25. The van der Waals surface area contributed by atoms with E-state index < -0.39 is 0 Å². The summed E-state index contributed by atoms with van der Waals surface area (Å²) in [6, 6.07) is 3.89. The van der Waals surface area contributed by atoms with Crippen molar-refractivity contribution in [1.29, 1.82) is 0 Å². The maximum atomic E-state index is 5.48. The Bertz CT molecular complexity index is 651. The van der Waals surface area contributed by atoms with E-state index in [0.717, 1.165) is 43.3 Å². The predicted molar refractivity (Wildman–Crippen MR) is 97.6 cm³/mol. The average Bonchev–Trinajstić information content (AvgIpc) is 3.11. The highest BCUT2D eigenvalue weighted by molar-refractivity contribution is 5.79. The molecule has 8 heteroatoms. The maximum Gasteiger partial charge on any atom is 0.213 e. The van der Waals surface area contributed by atoms with Gasteiger partial charge in [0.1, 0.15) is 12.2 Å². The highest BCUT2D eigenvalue weighted by Gasteiger charge is 2.03. The van der Waals surface area contributed by atoms with Crippen molar-refractivity contribution in [2.45, 2.75) is 39.8 Å². The van der Waals surface area contributed by atoms with Crippen LogP contribution in [0.4, 0.5) is 0 Å². The number of guanidine groups is 1. The number of nitrogens with one attached hydrogen (secondary N) is 2. The molecule has 25 heavy (non-hydrogen) atoms. The molecule has 0 radical (unpaired) electrons. The standard InChI is InChI=1S/C17H27N7O/c1-4-10-25-16-7-6-14(11-20-16)12-21-17(18-3)19-8-9-24-13-22-23-15(24)5-2/h6-7,11,13H,4-5,8-10,12H2,1-3H3,(H2,18,19,21). The summed E-state index contributed by atoms with van der Waals surface area (Å²) in [5.74, 6) is 2.40. The summed E-state index contributed by atoms with van der Waals surface area (Å²) in [5.41, 5.74) is 1.07. The van der Waals surface area contributed by atoms with Gasteiger partial charge in [-0.3, -0.25) is 4.99 Å². The van der Waals surface area contributed by atoms with Crippen LogP contribution in [0, 0.1) is 0 Å². The smallest absolute Gasteiger partial charge is 0.213 e. The normalized spacial score (nSPS) is 11.4. The SMILES string of the molecule is CCCOc1ccc(CNC(=NC)NCCn2cnnc2CC)cn1. The molecule has 0 unspecified atom stereocenters. The number of aromatic nitrogens is 4. The van der Waals surface area contributed by atoms with Crippen LogP contribution < -0.4 is 15.4 Å². The molecule has 0 spiro atoms. The molecule has 0 atom stereocenters. The number of aryl methyl sites for hydroxylation is 1. The van der Waals surface area contributed by atoms with Gasteiger partial charge in [0.25, 0.3) is 0 Å². The van der Waals surface area contributed by atoms with Gasteiger partial charge in [-0.15, -0.1) is 10.2 Å². The Morgan fingerprint density at radius 3 is 2.84 bits per heavy atom. The number of hydrogen-bond donors (Lipinski definition) is 2. The van der Waals surface area contributed by atoms with Crippen LogP contribution in [0.1, 0.15) is 31.7 Å². The lowest BCUT2D eigenvalue weighted by Crippen LogP contribution is -2.38. The molecule has 8 nitrogen and oxygen atoms in total. The molecule has 0 amide bonds. The highest BCUT2D eigenvalue weighted by atomic mass is 16.5. The third-order valence-electron chi connectivity index (χ3n) is 3.59. The summed E-state index contributed by atoms with van der Waals surface area (Å²) < 4.78 is 7.53. The van der Waals surface area contributed by atoms with Gasteiger partial charge in [-0.25, -0.2) is 4.98 Å². The van der Waals surface area contributed by atoms with E-state index in [2.05, 4.69) is 44.7 Å². The van der Waals surface area contributed by atoms with Crippen LogP contribution in [0.25, 0.3) is 0 Å². The summed E-state index contributed by atoms with van der Waals surface area (Å²) in [7, 11) is 1.76. The minimum absolute atomic E-state index is 0.646. The van der Waals surface area contributed by atoms with Crippen LogP contribution in [0.3, 0.4) is 0 Å². The van der Waals surface area contributed by atoms with E-state index in [1.807, 2.05) is 22.9 Å². The minimum Gasteiger partial charge on any atom is -0.478 e. The molecular formula is C17H27N7O. The third kappa shape index (κ3) is 6.06. The number of hydrogen-bond acceptors (Lipinski definition) is 5. The summed E-state index contributed by atoms with van der Waals surface area (Å²) in [4.78, 5) is 8.53. The molecule has 0 bridgehead atoms. The Kier molecular flexibility index (Phi) is 7.68. The van der Waals surface area contributed by atoms with E-state index in [9.17, 15) is 0 Å². The zero-order valence-electron chi connectivity index (χ0n) is 15.2. The minimum atomic E-state index is 0.646. The van der Waals surface area contributed by atoms with Crippen LogP contribution in [-0.4, -0.2) is 45.9 Å². The van der Waals surface area contributed by atoms with Gasteiger partial charge in [0.2, 0.25) is 5.88 Å². The molecule has 2 aromatic heterocycles. The van der Waals surface area contributed by atoms with Crippen LogP contribution in [0.15, 0.2) is 29.6 Å². The van der Waals surface area contributed by atoms with E-state index in [4.69, 9.17) is 4.74 Å². The number of rotatable bonds is 9. The van der Waals surface area contributed by atoms with Gasteiger partial charge in [0, 0.05) is 45.4 Å². The van der Waals surface area contributed by atoms with Crippen LogP contribution in [0.5, 0.6) is 5.88 Å². The Balaban J connectivity index is 1.74. The van der Waals surface area contributed by atoms with Crippen molar-refractivity contribution in [2.75, 3.05) is 20.2 Å². The van der Waals surface area contributed by atoms with Gasteiger partial charge in [0.15, 0.2) is 5.96 Å². The quantitative estimate of drug-likeness (QED) is 0.527. The van der Waals surface area contributed by atoms with Crippen molar-refractivity contribution in [3.05, 3.63) is 36.0 Å². The van der Waals surface area contributed by atoms with E-state index in [0.29, 0.717) is 19.0 Å². The van der Waals surface area contributed by atoms with Gasteiger partial charge < -0.3 is 19.9 Å². The molecule has 0 aliphatic heterocycles. The fourth-order valence-electron chi connectivity index (χ4n) is 2.25. The topological polar surface area (TPSA) is 89.2 Å². The first-order valence-corrected chi connectivity index (χ1v) is 8.65. The summed E-state index contributed by atoms with van der Waals surface area (Å²) >= 11 is 0. The number of pyridine rings is 1. The summed E-state index contributed by atoms with van der Waals surface area (Å²) in [5, 5.41) is 14.6. The second-order valence-corrected chi connectivity index (χ2v) is 5.50. The van der Waals surface area contributed by atoms with Crippen LogP contribution >= 0.6 is 0 Å². The summed E-state index contributed by atoms with van der Waals surface area (Å²) in [6.45, 7) is 7.01. The van der Waals surface area contributed by atoms with Crippen molar-refractivity contribution in [2.24, 2.45) is 4.99 Å². The van der Waals surface area contributed by atoms with Crippen molar-refractivity contribution >= 4 is 5.96 Å². The van der Waals surface area contributed by atoms with Crippen molar-refractivity contribution in [3.63, 3.8) is 0 Å². The number of nitrogens with zero attached hydrogens (tertiary/aromatic N) is 5. The van der Waals surface area contributed by atoms with E-state index in [-0.39, 0.29) is 0 Å². The second-order valence-electron chi connectivity index (χ2n) is 5.50. The molecule has 136 valence electrons. The van der Waals surface area contributed by atoms with Crippen molar-refractivity contribution < 1.29 is 4.74 Å². The molecule has 0 aliphatic rings. The molecule has 0 fully saturated rings. The lowest BCUT2D eigenvalue weighted by atomic mass is 10.3. The zero-order valence-corrected chi connectivity index (χ0v) is 15.2. The molecular weight excluding hydrogens is 318 g/mol. The molecule has 0 aromatic carbocycles. The van der Waals surface area contributed by atoms with Crippen molar-refractivity contribution in [3.8, 4) is 5.88 Å². The van der Waals surface area contributed by atoms with E-state index in [1.165, 1.54) is 0 Å². The predicted octanol–water partition coefficient (Wildman–Crippen LogP) is 1.39. The second kappa shape index (κ2) is 10.3. The van der Waals surface area contributed by atoms with Gasteiger partial charge in [-0.05, 0) is 12.0 Å². The highest BCUT2D eigenvalue weighted by Crippen LogP contribution is 2.07. The van der Waals surface area contributed by atoms with E-state index >= 15 is 0 Å². The number of ether oxygens (including phenoxy) is 1. The first kappa shape index (κ1) is 18.7. The molecule has 0 saturated carbocycles. The molecule has 2 N–H and O–H groups in total. The Morgan fingerprint density at radius 2 is 2.16 bits per heavy atom. The van der Waals surface area contributed by atoms with Gasteiger partial charge in [-0.2, -0.15) is 0 Å². The van der Waals surface area contributed by atoms with Crippen LogP contribution in [0.2, 0.25) is 0 Å². The molecule has 0 saturated heterocycles. The van der Waals surface area contributed by atoms with Gasteiger partial charge in [0.05, 0.1) is 6.61 Å². The maximum absolute atomic E-state index is 5.48. The lowest BCUT2D eigenvalue weighted by molar-refractivity contribution is 0.305. The Morgan fingerprint density at radius 1 is 1.28 bits per heavy atom. The monoisotopic (exact) mass is 345 g/mol. The Hall–Kier alpha value is -2.64. The fraction of sp³-hybridized carbons (Fsp3) is 0.529. The molecule has 0 aliphatic carbocycles. The first-order valence-electron chi connectivity index (χ1n) is 8.65. The number of aliphatic imine (C=N–C) groups is 1. The van der Waals surface area contributed by atoms with E-state index in [1.54, 1.807) is 13.4 Å². The summed E-state index contributed by atoms with van der Waals surface area (Å²) in [6.07, 6.45) is 5.42. The molecule has 2 rings (SSSR count). The van der Waals surface area contributed by atoms with Crippen LogP contribution in [-0.2, 0) is 19.5 Å².